The molecule has 0 fully saturated rings. The van der Waals surface area contributed by atoms with Gasteiger partial charge in [-0.3, -0.25) is 4.98 Å². The van der Waals surface area contributed by atoms with Crippen molar-refractivity contribution in [1.82, 2.24) is 9.55 Å². The van der Waals surface area contributed by atoms with E-state index in [-0.39, 0.29) is 0 Å². The van der Waals surface area contributed by atoms with Crippen LogP contribution < -0.4 is 4.40 Å². The van der Waals surface area contributed by atoms with Crippen LogP contribution in [0.2, 0.25) is 0 Å². The van der Waals surface area contributed by atoms with Crippen LogP contribution in [0, 0.1) is 6.92 Å². The summed E-state index contributed by atoms with van der Waals surface area (Å²) in [6, 6.07) is 17.7. The maximum Gasteiger partial charge on any atom is 0.297 e. The van der Waals surface area contributed by atoms with Gasteiger partial charge in [0.2, 0.25) is 0 Å². The maximum absolute atomic E-state index is 5.05. The van der Waals surface area contributed by atoms with E-state index < -0.39 is 0 Å². The molecule has 5 aromatic rings. The summed E-state index contributed by atoms with van der Waals surface area (Å²) in [6.07, 6.45) is 2.00. The van der Waals surface area contributed by atoms with Crippen molar-refractivity contribution in [1.29, 1.82) is 0 Å². The van der Waals surface area contributed by atoms with E-state index in [1.165, 1.54) is 44.1 Å². The van der Waals surface area contributed by atoms with Gasteiger partial charge < -0.3 is 0 Å². The molecule has 0 aliphatic carbocycles. The Balaban J connectivity index is 2.15. The summed E-state index contributed by atoms with van der Waals surface area (Å²) < 4.78 is 4.75. The molecular formula is C24H24N3+. The molecule has 3 aromatic heterocycles. The zero-order chi connectivity index (χ0) is 18.7. The van der Waals surface area contributed by atoms with E-state index in [1.807, 2.05) is 0 Å². The van der Waals surface area contributed by atoms with Crippen LogP contribution in [0.3, 0.4) is 0 Å². The molecule has 3 heteroatoms. The second-order valence-electron chi connectivity index (χ2n) is 7.42. The third-order valence-electron chi connectivity index (χ3n) is 5.84. The van der Waals surface area contributed by atoms with Crippen molar-refractivity contribution in [3.05, 3.63) is 65.4 Å². The lowest BCUT2D eigenvalue weighted by atomic mass is 10.1. The molecule has 134 valence electrons. The van der Waals surface area contributed by atoms with Crippen molar-refractivity contribution in [2.45, 2.75) is 33.6 Å². The summed E-state index contributed by atoms with van der Waals surface area (Å²) in [5, 5.41) is 2.47. The molecule has 0 aliphatic heterocycles. The van der Waals surface area contributed by atoms with Crippen LogP contribution in [0.1, 0.15) is 30.7 Å². The van der Waals surface area contributed by atoms with Gasteiger partial charge in [-0.05, 0) is 61.2 Å². The van der Waals surface area contributed by atoms with Gasteiger partial charge in [-0.15, -0.1) is 0 Å². The molecule has 0 N–H and O–H groups in total. The van der Waals surface area contributed by atoms with E-state index in [9.17, 15) is 0 Å². The van der Waals surface area contributed by atoms with E-state index in [2.05, 4.69) is 85.3 Å². The van der Waals surface area contributed by atoms with Gasteiger partial charge in [0.1, 0.15) is 5.52 Å². The molecule has 0 atom stereocenters. The van der Waals surface area contributed by atoms with Crippen molar-refractivity contribution < 1.29 is 4.40 Å². The highest BCUT2D eigenvalue weighted by molar-refractivity contribution is 6.09. The first-order valence-electron chi connectivity index (χ1n) is 9.78. The van der Waals surface area contributed by atoms with Gasteiger partial charge in [-0.25, -0.2) is 4.57 Å². The molecular weight excluding hydrogens is 330 g/mol. The minimum absolute atomic E-state index is 0.950. The van der Waals surface area contributed by atoms with Gasteiger partial charge >= 0.3 is 0 Å². The Labute approximate surface area is 158 Å². The van der Waals surface area contributed by atoms with Crippen LogP contribution in [0.15, 0.2) is 48.5 Å². The fraction of sp³-hybridized carbons (Fsp3) is 0.250. The Morgan fingerprint density at radius 2 is 1.78 bits per heavy atom. The zero-order valence-electron chi connectivity index (χ0n) is 16.4. The van der Waals surface area contributed by atoms with Crippen LogP contribution >= 0.6 is 0 Å². The lowest BCUT2D eigenvalue weighted by molar-refractivity contribution is -0.449. The minimum atomic E-state index is 0.950. The topological polar surface area (TPSA) is 21.9 Å². The van der Waals surface area contributed by atoms with Gasteiger partial charge in [-0.2, -0.15) is 4.40 Å². The number of imidazole rings is 1. The summed E-state index contributed by atoms with van der Waals surface area (Å²) >= 11 is 0. The average Bonchev–Trinajstić information content (AvgIpc) is 3.00. The molecule has 0 saturated heterocycles. The van der Waals surface area contributed by atoms with E-state index in [0.717, 1.165) is 24.1 Å². The molecule has 3 heterocycles. The van der Waals surface area contributed by atoms with Crippen molar-refractivity contribution in [3.63, 3.8) is 0 Å². The molecule has 2 aromatic carbocycles. The normalized spacial score (nSPS) is 12.0. The summed E-state index contributed by atoms with van der Waals surface area (Å²) in [5.41, 5.74) is 9.89. The van der Waals surface area contributed by atoms with Crippen molar-refractivity contribution in [2.75, 3.05) is 0 Å². The zero-order valence-corrected chi connectivity index (χ0v) is 16.4. The van der Waals surface area contributed by atoms with Gasteiger partial charge in [0, 0.05) is 11.1 Å². The number of benzene rings is 2. The Morgan fingerprint density at radius 3 is 2.56 bits per heavy atom. The van der Waals surface area contributed by atoms with E-state index >= 15 is 0 Å². The first kappa shape index (κ1) is 16.2. The van der Waals surface area contributed by atoms with Crippen LogP contribution in [-0.4, -0.2) is 9.55 Å². The number of rotatable bonds is 2. The molecule has 0 unspecified atom stereocenters. The first-order valence-corrected chi connectivity index (χ1v) is 9.78. The van der Waals surface area contributed by atoms with E-state index in [1.54, 1.807) is 0 Å². The quantitative estimate of drug-likeness (QED) is 0.321. The number of aryl methyl sites for hydroxylation is 4. The lowest BCUT2D eigenvalue weighted by Crippen LogP contribution is -2.23. The highest BCUT2D eigenvalue weighted by Crippen LogP contribution is 2.30. The van der Waals surface area contributed by atoms with Crippen molar-refractivity contribution in [3.8, 4) is 0 Å². The molecule has 27 heavy (non-hydrogen) atoms. The van der Waals surface area contributed by atoms with Gasteiger partial charge in [0.15, 0.2) is 11.0 Å². The van der Waals surface area contributed by atoms with Crippen molar-refractivity contribution >= 4 is 38.5 Å². The smallest absolute Gasteiger partial charge is 0.252 e. The predicted octanol–water partition coefficient (Wildman–Crippen LogP) is 5.05. The number of hydrogen-bond acceptors (Lipinski definition) is 1. The molecule has 0 spiro atoms. The Kier molecular flexibility index (Phi) is 3.48. The number of pyridine rings is 2. The third-order valence-corrected chi connectivity index (χ3v) is 5.84. The number of para-hydroxylation sites is 1. The summed E-state index contributed by atoms with van der Waals surface area (Å²) in [6.45, 7) is 6.60. The largest absolute Gasteiger partial charge is 0.297 e. The number of aromatic nitrogens is 3. The second-order valence-corrected chi connectivity index (χ2v) is 7.42. The monoisotopic (exact) mass is 354 g/mol. The SMILES string of the molecule is CCc1ccc2c(c1)n(C)c1c3c(C)cc(CC)nc3c3ccccc3[n+]21. The Hall–Kier alpha value is -2.94. The minimum Gasteiger partial charge on any atom is -0.252 e. The number of nitrogens with zero attached hydrogens (tertiary/aromatic N) is 3. The summed E-state index contributed by atoms with van der Waals surface area (Å²) in [4.78, 5) is 5.05. The molecule has 0 amide bonds. The van der Waals surface area contributed by atoms with Crippen LogP contribution in [-0.2, 0) is 19.9 Å². The fourth-order valence-corrected chi connectivity index (χ4v) is 4.42. The third kappa shape index (κ3) is 2.14. The first-order chi connectivity index (χ1) is 13.1. The van der Waals surface area contributed by atoms with Gasteiger partial charge in [-0.1, -0.05) is 32.0 Å². The maximum atomic E-state index is 5.05. The second kappa shape index (κ2) is 5.78. The van der Waals surface area contributed by atoms with Gasteiger partial charge in [0.25, 0.3) is 5.65 Å². The predicted molar refractivity (Wildman–Crippen MR) is 112 cm³/mol. The van der Waals surface area contributed by atoms with Crippen LogP contribution in [0.5, 0.6) is 0 Å². The fourth-order valence-electron chi connectivity index (χ4n) is 4.42. The average molecular weight is 354 g/mol. The molecule has 0 aliphatic rings. The number of fused-ring (bicyclic) bond motifs is 8. The van der Waals surface area contributed by atoms with Gasteiger partial charge in [0.05, 0.1) is 18.0 Å². The molecule has 0 saturated carbocycles. The summed E-state index contributed by atoms with van der Waals surface area (Å²) in [5.74, 6) is 0. The standard InChI is InChI=1S/C24H24N3/c1-5-16-11-12-20-21(14-16)26(4)24-22-15(3)13-17(6-2)25-23(22)18-9-7-8-10-19(18)27(20)24/h7-14H,5-6H2,1-4H3/q+1. The summed E-state index contributed by atoms with van der Waals surface area (Å²) in [7, 11) is 2.18. The van der Waals surface area contributed by atoms with E-state index in [4.69, 9.17) is 4.98 Å². The lowest BCUT2D eigenvalue weighted by Gasteiger charge is -2.08. The van der Waals surface area contributed by atoms with Crippen molar-refractivity contribution in [2.24, 2.45) is 7.05 Å². The molecule has 5 rings (SSSR count). The Bertz CT molecular complexity index is 1360. The molecule has 3 nitrogen and oxygen atoms in total. The Morgan fingerprint density at radius 1 is 0.963 bits per heavy atom. The highest BCUT2D eigenvalue weighted by atomic mass is 15.1. The van der Waals surface area contributed by atoms with E-state index in [0.29, 0.717) is 0 Å². The number of hydrogen-bond donors (Lipinski definition) is 0. The highest BCUT2D eigenvalue weighted by Gasteiger charge is 2.25. The van der Waals surface area contributed by atoms with Crippen LogP contribution in [0.25, 0.3) is 38.5 Å². The molecule has 0 bridgehead atoms. The van der Waals surface area contributed by atoms with Crippen LogP contribution in [0.4, 0.5) is 0 Å². The molecule has 0 radical (unpaired) electrons.